The highest BCUT2D eigenvalue weighted by atomic mass is 16.5. The van der Waals surface area contributed by atoms with Crippen molar-refractivity contribution in [1.29, 1.82) is 0 Å². The van der Waals surface area contributed by atoms with Crippen molar-refractivity contribution in [2.45, 2.75) is 45.1 Å². The lowest BCUT2D eigenvalue weighted by atomic mass is 9.79. The number of likely N-dealkylation sites (tertiary alicyclic amines) is 1. The first-order valence-corrected chi connectivity index (χ1v) is 14.4. The summed E-state index contributed by atoms with van der Waals surface area (Å²) < 4.78 is 6.17. The van der Waals surface area contributed by atoms with Crippen LogP contribution in [-0.4, -0.2) is 52.9 Å². The molecule has 4 aliphatic rings. The molecule has 2 unspecified atom stereocenters. The van der Waals surface area contributed by atoms with Crippen LogP contribution in [0.2, 0.25) is 0 Å². The summed E-state index contributed by atoms with van der Waals surface area (Å²) in [6.45, 7) is 4.20. The van der Waals surface area contributed by atoms with Crippen LogP contribution in [0.3, 0.4) is 0 Å². The van der Waals surface area contributed by atoms with Gasteiger partial charge >= 0.3 is 0 Å². The van der Waals surface area contributed by atoms with E-state index >= 15 is 0 Å². The molecule has 204 valence electrons. The Bertz CT molecular complexity index is 1280. The number of nitrogens with zero attached hydrogens (tertiary/aromatic N) is 4. The fraction of sp³-hybridized carbons (Fsp3) is 0.438. The molecule has 3 aliphatic heterocycles. The number of aliphatic hydroxyl groups excluding tert-OH is 1. The van der Waals surface area contributed by atoms with Gasteiger partial charge in [0.15, 0.2) is 0 Å². The number of allylic oxidation sites excluding steroid dienone is 2. The summed E-state index contributed by atoms with van der Waals surface area (Å²) >= 11 is 0. The highest BCUT2D eigenvalue weighted by Crippen LogP contribution is 2.41. The zero-order valence-electron chi connectivity index (χ0n) is 22.7. The fourth-order valence-electron chi connectivity index (χ4n) is 6.62. The number of piperidine rings is 1. The number of nitrogens with two attached hydrogens (primary N) is 1. The van der Waals surface area contributed by atoms with Crippen LogP contribution in [0.5, 0.6) is 5.75 Å². The average molecular weight is 527 g/mol. The number of benzene rings is 2. The minimum atomic E-state index is 0.0528. The molecule has 0 aromatic heterocycles. The predicted molar refractivity (Wildman–Crippen MR) is 155 cm³/mol. The molecule has 0 spiro atoms. The summed E-state index contributed by atoms with van der Waals surface area (Å²) in [6.07, 6.45) is 12.6. The topological polar surface area (TPSA) is 83.4 Å². The van der Waals surface area contributed by atoms with E-state index in [-0.39, 0.29) is 4.59 Å². The van der Waals surface area contributed by atoms with Crippen molar-refractivity contribution in [2.75, 3.05) is 26.2 Å². The molecule has 0 radical (unpaired) electrons. The number of quaternary nitrogens is 1. The summed E-state index contributed by atoms with van der Waals surface area (Å²) in [5, 5.41) is 9.60. The van der Waals surface area contributed by atoms with Crippen molar-refractivity contribution >= 4 is 12.1 Å². The van der Waals surface area contributed by atoms with Gasteiger partial charge in [0.05, 0.1) is 18.0 Å². The van der Waals surface area contributed by atoms with Crippen LogP contribution in [0, 0.1) is 17.8 Å². The summed E-state index contributed by atoms with van der Waals surface area (Å²) in [5.74, 6) is 10.2. The lowest BCUT2D eigenvalue weighted by Gasteiger charge is -2.36. The lowest BCUT2D eigenvalue weighted by molar-refractivity contribution is -0.750. The van der Waals surface area contributed by atoms with E-state index in [2.05, 4.69) is 28.1 Å². The van der Waals surface area contributed by atoms with Crippen LogP contribution >= 0.6 is 0 Å². The molecule has 3 heterocycles. The highest BCUT2D eigenvalue weighted by Gasteiger charge is 2.46. The van der Waals surface area contributed by atoms with E-state index < -0.39 is 0 Å². The molecule has 1 saturated carbocycles. The summed E-state index contributed by atoms with van der Waals surface area (Å²) in [5.41, 5.74) is 4.17. The molecule has 2 fully saturated rings. The van der Waals surface area contributed by atoms with Gasteiger partial charge in [0.2, 0.25) is 5.70 Å². The first kappa shape index (κ1) is 26.1. The number of hydrogen-bond acceptors (Lipinski definition) is 6. The van der Waals surface area contributed by atoms with E-state index in [1.54, 1.807) is 6.20 Å². The maximum Gasteiger partial charge on any atom is 0.265 e. The van der Waals surface area contributed by atoms with Crippen LogP contribution in [0.4, 0.5) is 0 Å². The normalized spacial score (nSPS) is 28.9. The number of fused-ring (bicyclic) bond motifs is 1. The third-order valence-corrected chi connectivity index (χ3v) is 8.77. The van der Waals surface area contributed by atoms with Gasteiger partial charge in [-0.05, 0) is 80.7 Å². The van der Waals surface area contributed by atoms with Gasteiger partial charge in [-0.3, -0.25) is 4.99 Å². The van der Waals surface area contributed by atoms with Crippen LogP contribution in [-0.2, 0) is 6.61 Å². The Balaban J connectivity index is 1.16. The summed E-state index contributed by atoms with van der Waals surface area (Å²) in [7, 11) is 0. The Morgan fingerprint density at radius 3 is 2.67 bits per heavy atom. The Kier molecular flexibility index (Phi) is 7.75. The van der Waals surface area contributed by atoms with Gasteiger partial charge in [-0.15, -0.1) is 4.59 Å². The van der Waals surface area contributed by atoms with Crippen molar-refractivity contribution in [1.82, 2.24) is 4.90 Å². The number of rotatable bonds is 8. The molecule has 0 amide bonds. The van der Waals surface area contributed by atoms with Crippen molar-refractivity contribution in [3.8, 4) is 5.75 Å². The van der Waals surface area contributed by atoms with E-state index in [0.717, 1.165) is 66.5 Å². The van der Waals surface area contributed by atoms with E-state index in [4.69, 9.17) is 15.6 Å². The zero-order chi connectivity index (χ0) is 26.7. The van der Waals surface area contributed by atoms with Gasteiger partial charge in [-0.25, -0.2) is 0 Å². The molecule has 2 aromatic rings. The number of hydrogen-bond donors (Lipinski definition) is 2. The van der Waals surface area contributed by atoms with Gasteiger partial charge < -0.3 is 14.7 Å². The Labute approximate surface area is 231 Å². The number of amidine groups is 1. The van der Waals surface area contributed by atoms with E-state index in [1.807, 2.05) is 48.8 Å². The van der Waals surface area contributed by atoms with E-state index in [0.29, 0.717) is 31.0 Å². The van der Waals surface area contributed by atoms with Gasteiger partial charge in [0.1, 0.15) is 24.3 Å². The van der Waals surface area contributed by atoms with Crippen LogP contribution in [0.1, 0.15) is 49.7 Å². The summed E-state index contributed by atoms with van der Waals surface area (Å²) in [6, 6.07) is 18.3. The van der Waals surface area contributed by atoms with Gasteiger partial charge in [-0.1, -0.05) is 36.4 Å². The number of aliphatic hydroxyl groups is 1. The second kappa shape index (κ2) is 11.6. The molecule has 7 heteroatoms. The van der Waals surface area contributed by atoms with Crippen LogP contribution < -0.4 is 10.6 Å². The molecule has 3 N–H and O–H groups in total. The predicted octanol–water partition coefficient (Wildman–Crippen LogP) is 4.99. The fourth-order valence-corrected chi connectivity index (χ4v) is 6.62. The largest absolute Gasteiger partial charge is 0.489 e. The molecule has 2 aromatic carbocycles. The Morgan fingerprint density at radius 1 is 1.00 bits per heavy atom. The first-order chi connectivity index (χ1) is 19.1. The minimum Gasteiger partial charge on any atom is -0.489 e. The lowest BCUT2D eigenvalue weighted by Crippen LogP contribution is -2.53. The maximum atomic E-state index is 9.60. The standard InChI is InChI=1S/C32H40N5O2/c33-37-17-15-34-19-30(37)31(27-13-11-24(12-14-27)20-36-16-5-8-26(21-36)22-38)35-32(37)28-9-4-10-29(18-28)39-23-25-6-2-1-3-7-25/h1-4,6-7,9-10,15,17-19,24,26-27,38H,5,8,11-14,16,20-23,33H2/q+1. The van der Waals surface area contributed by atoms with Crippen LogP contribution in [0.25, 0.3) is 0 Å². The van der Waals surface area contributed by atoms with Gasteiger partial charge in [0.25, 0.3) is 5.84 Å². The highest BCUT2D eigenvalue weighted by molar-refractivity contribution is 6.00. The smallest absolute Gasteiger partial charge is 0.265 e. The van der Waals surface area contributed by atoms with Crippen LogP contribution in [0.15, 0.2) is 88.4 Å². The van der Waals surface area contributed by atoms with E-state index in [9.17, 15) is 5.11 Å². The molecule has 0 bridgehead atoms. The van der Waals surface area contributed by atoms with Crippen molar-refractivity contribution in [3.05, 3.63) is 89.5 Å². The molecule has 7 nitrogen and oxygen atoms in total. The third kappa shape index (κ3) is 5.63. The molecule has 2 atom stereocenters. The molecule has 1 saturated heterocycles. The average Bonchev–Trinajstić information content (AvgIpc) is 3.30. The molecule has 1 aliphatic carbocycles. The first-order valence-electron chi connectivity index (χ1n) is 14.4. The van der Waals surface area contributed by atoms with Gasteiger partial charge in [0, 0.05) is 25.6 Å². The molecular weight excluding hydrogens is 486 g/mol. The van der Waals surface area contributed by atoms with Crippen molar-refractivity contribution < 1.29 is 14.4 Å². The Morgan fingerprint density at radius 2 is 1.85 bits per heavy atom. The molecule has 39 heavy (non-hydrogen) atoms. The number of aliphatic imine (C=N–C) groups is 2. The number of ether oxygens (including phenoxy) is 1. The van der Waals surface area contributed by atoms with Crippen molar-refractivity contribution in [2.24, 2.45) is 33.6 Å². The second-order valence-corrected chi connectivity index (χ2v) is 11.5. The monoisotopic (exact) mass is 526 g/mol. The minimum absolute atomic E-state index is 0.0528. The Hall–Kier alpha value is -3.10. The third-order valence-electron chi connectivity index (χ3n) is 8.77. The maximum absolute atomic E-state index is 9.60. The van der Waals surface area contributed by atoms with Gasteiger partial charge in [-0.2, -0.15) is 10.8 Å². The summed E-state index contributed by atoms with van der Waals surface area (Å²) in [4.78, 5) is 12.2. The quantitative estimate of drug-likeness (QED) is 0.375. The second-order valence-electron chi connectivity index (χ2n) is 11.5. The molecule has 6 rings (SSSR count). The molecular formula is C32H40N5O2+. The van der Waals surface area contributed by atoms with Crippen molar-refractivity contribution in [3.63, 3.8) is 0 Å². The zero-order valence-corrected chi connectivity index (χ0v) is 22.7. The van der Waals surface area contributed by atoms with E-state index in [1.165, 1.54) is 25.8 Å². The SMILES string of the molecule is N[N+]12C=CN=CC1=C(C1CCC(CN3CCCC(CO)C3)CC1)N=C2c1cccc(OCc2ccccc2)c1.